The molecule has 0 aliphatic carbocycles. The number of rotatable bonds is 11. The SMILES string of the molecule is CCOC(=O)C(C)OS(=O)(=O)CCS(=O)(=O)OC(C)C(=O)OCC. The van der Waals surface area contributed by atoms with Gasteiger partial charge in [-0.15, -0.1) is 0 Å². The van der Waals surface area contributed by atoms with Crippen LogP contribution >= 0.6 is 0 Å². The van der Waals surface area contributed by atoms with Crippen molar-refractivity contribution in [2.75, 3.05) is 24.7 Å². The smallest absolute Gasteiger partial charge is 0.336 e. The molecule has 0 saturated carbocycles. The number of esters is 2. The van der Waals surface area contributed by atoms with Crippen LogP contribution in [-0.2, 0) is 47.7 Å². The Kier molecular flexibility index (Phi) is 9.40. The summed E-state index contributed by atoms with van der Waals surface area (Å²) < 4.78 is 64.9. The Hall–Kier alpha value is -1.24. The highest BCUT2D eigenvalue weighted by Crippen LogP contribution is 2.07. The Morgan fingerprint density at radius 2 is 1.04 bits per heavy atom. The molecule has 0 saturated heterocycles. The molecule has 0 aliphatic rings. The third-order valence-corrected chi connectivity index (χ3v) is 5.23. The van der Waals surface area contributed by atoms with Crippen molar-refractivity contribution >= 4 is 32.2 Å². The van der Waals surface area contributed by atoms with Gasteiger partial charge in [-0.1, -0.05) is 0 Å². The van der Waals surface area contributed by atoms with Crippen LogP contribution in [0.2, 0.25) is 0 Å². The highest BCUT2D eigenvalue weighted by molar-refractivity contribution is 7.90. The molecule has 0 aromatic heterocycles. The van der Waals surface area contributed by atoms with Gasteiger partial charge in [0.15, 0.2) is 12.2 Å². The van der Waals surface area contributed by atoms with E-state index in [1.165, 1.54) is 13.8 Å². The first-order valence-corrected chi connectivity index (χ1v) is 10.2. The third kappa shape index (κ3) is 9.15. The maximum absolute atomic E-state index is 11.7. The van der Waals surface area contributed by atoms with Crippen molar-refractivity contribution in [2.45, 2.75) is 39.9 Å². The zero-order chi connectivity index (χ0) is 19.0. The number of ether oxygens (including phenoxy) is 2. The molecule has 0 rings (SSSR count). The monoisotopic (exact) mass is 390 g/mol. The van der Waals surface area contributed by atoms with Crippen molar-refractivity contribution in [3.63, 3.8) is 0 Å². The fraction of sp³-hybridized carbons (Fsp3) is 0.833. The molecule has 0 fully saturated rings. The second-order valence-electron chi connectivity index (χ2n) is 4.50. The summed E-state index contributed by atoms with van der Waals surface area (Å²) in [6, 6.07) is 0. The van der Waals surface area contributed by atoms with Crippen LogP contribution in [0, 0.1) is 0 Å². The number of hydrogen-bond donors (Lipinski definition) is 0. The van der Waals surface area contributed by atoms with E-state index in [1.54, 1.807) is 0 Å². The van der Waals surface area contributed by atoms with Crippen molar-refractivity contribution in [1.82, 2.24) is 0 Å². The summed E-state index contributed by atoms with van der Waals surface area (Å²) in [6.07, 6.45) is -2.81. The summed E-state index contributed by atoms with van der Waals surface area (Å²) in [5.74, 6) is -3.68. The van der Waals surface area contributed by atoms with Crippen molar-refractivity contribution in [1.29, 1.82) is 0 Å². The lowest BCUT2D eigenvalue weighted by molar-refractivity contribution is -0.151. The lowest BCUT2D eigenvalue weighted by Gasteiger charge is -2.13. The average Bonchev–Trinajstić information content (AvgIpc) is 2.45. The zero-order valence-electron chi connectivity index (χ0n) is 13.9. The first-order valence-electron chi connectivity index (χ1n) is 7.09. The molecule has 0 amide bonds. The molecule has 142 valence electrons. The maximum atomic E-state index is 11.7. The number of carbonyl (C=O) groups excluding carboxylic acids is 2. The minimum absolute atomic E-state index is 0.0422. The maximum Gasteiger partial charge on any atom is 0.336 e. The van der Waals surface area contributed by atoms with E-state index in [-0.39, 0.29) is 13.2 Å². The van der Waals surface area contributed by atoms with E-state index in [9.17, 15) is 26.4 Å². The summed E-state index contributed by atoms with van der Waals surface area (Å²) in [5.41, 5.74) is 0. The second-order valence-corrected chi connectivity index (χ2v) is 7.94. The van der Waals surface area contributed by atoms with Gasteiger partial charge in [0.2, 0.25) is 0 Å². The largest absolute Gasteiger partial charge is 0.464 e. The standard InChI is InChI=1S/C12H22O10S2/c1-5-19-11(13)9(3)21-23(15,16)7-8-24(17,18)22-10(4)12(14)20-6-2/h9-10H,5-8H2,1-4H3. The molecule has 2 atom stereocenters. The van der Waals surface area contributed by atoms with Gasteiger partial charge >= 0.3 is 11.9 Å². The van der Waals surface area contributed by atoms with Crippen LogP contribution in [0.15, 0.2) is 0 Å². The van der Waals surface area contributed by atoms with Gasteiger partial charge in [0.05, 0.1) is 24.7 Å². The predicted molar refractivity (Wildman–Crippen MR) is 81.9 cm³/mol. The quantitative estimate of drug-likeness (QED) is 0.337. The summed E-state index contributed by atoms with van der Waals surface area (Å²) in [7, 11) is -8.64. The van der Waals surface area contributed by atoms with Crippen LogP contribution in [0.1, 0.15) is 27.7 Å². The summed E-state index contributed by atoms with van der Waals surface area (Å²) in [6.45, 7) is 5.47. The van der Waals surface area contributed by atoms with Crippen LogP contribution in [0.5, 0.6) is 0 Å². The first-order chi connectivity index (χ1) is 10.9. The summed E-state index contributed by atoms with van der Waals surface area (Å²) >= 11 is 0. The van der Waals surface area contributed by atoms with E-state index in [0.717, 1.165) is 13.8 Å². The van der Waals surface area contributed by atoms with Gasteiger partial charge in [0, 0.05) is 0 Å². The second kappa shape index (κ2) is 9.91. The molecule has 0 heterocycles. The molecule has 0 aromatic carbocycles. The normalized spacial score (nSPS) is 14.7. The number of hydrogen-bond acceptors (Lipinski definition) is 10. The van der Waals surface area contributed by atoms with Gasteiger partial charge in [0.1, 0.15) is 0 Å². The van der Waals surface area contributed by atoms with Crippen LogP contribution in [0.3, 0.4) is 0 Å². The first kappa shape index (κ1) is 22.8. The Bertz CT molecular complexity index is 566. The van der Waals surface area contributed by atoms with Crippen LogP contribution < -0.4 is 0 Å². The minimum Gasteiger partial charge on any atom is -0.464 e. The molecular formula is C12H22O10S2. The Balaban J connectivity index is 4.63. The third-order valence-electron chi connectivity index (χ3n) is 2.40. The molecule has 0 N–H and O–H groups in total. The van der Waals surface area contributed by atoms with Gasteiger partial charge in [-0.2, -0.15) is 16.8 Å². The highest BCUT2D eigenvalue weighted by Gasteiger charge is 2.28. The van der Waals surface area contributed by atoms with E-state index in [1.807, 2.05) is 0 Å². The topological polar surface area (TPSA) is 139 Å². The van der Waals surface area contributed by atoms with E-state index in [4.69, 9.17) is 0 Å². The average molecular weight is 390 g/mol. The summed E-state index contributed by atoms with van der Waals surface area (Å²) in [4.78, 5) is 22.6. The van der Waals surface area contributed by atoms with Crippen molar-refractivity contribution in [2.24, 2.45) is 0 Å². The van der Waals surface area contributed by atoms with E-state index in [2.05, 4.69) is 17.8 Å². The molecule has 12 heteroatoms. The molecule has 0 bridgehead atoms. The van der Waals surface area contributed by atoms with E-state index in [0.29, 0.717) is 0 Å². The lowest BCUT2D eigenvalue weighted by Crippen LogP contribution is -2.31. The Labute approximate surface area is 141 Å². The van der Waals surface area contributed by atoms with Crippen LogP contribution in [-0.4, -0.2) is 65.7 Å². The Morgan fingerprint density at radius 1 is 0.750 bits per heavy atom. The molecule has 0 aliphatic heterocycles. The van der Waals surface area contributed by atoms with Crippen molar-refractivity contribution in [3.8, 4) is 0 Å². The molecular weight excluding hydrogens is 368 g/mol. The van der Waals surface area contributed by atoms with Gasteiger partial charge in [0.25, 0.3) is 20.2 Å². The van der Waals surface area contributed by atoms with Crippen LogP contribution in [0.4, 0.5) is 0 Å². The Morgan fingerprint density at radius 3 is 1.29 bits per heavy atom. The van der Waals surface area contributed by atoms with Gasteiger partial charge in [-0.3, -0.25) is 8.37 Å². The molecule has 0 radical (unpaired) electrons. The molecule has 24 heavy (non-hydrogen) atoms. The fourth-order valence-electron chi connectivity index (χ4n) is 1.34. The van der Waals surface area contributed by atoms with E-state index < -0.39 is 55.9 Å². The fourth-order valence-corrected chi connectivity index (χ4v) is 4.20. The lowest BCUT2D eigenvalue weighted by atomic mass is 10.4. The predicted octanol–water partition coefficient (Wildman–Crippen LogP) is -0.418. The zero-order valence-corrected chi connectivity index (χ0v) is 15.5. The molecule has 0 aromatic rings. The van der Waals surface area contributed by atoms with Gasteiger partial charge < -0.3 is 9.47 Å². The van der Waals surface area contributed by atoms with Crippen molar-refractivity contribution in [3.05, 3.63) is 0 Å². The van der Waals surface area contributed by atoms with Crippen LogP contribution in [0.25, 0.3) is 0 Å². The van der Waals surface area contributed by atoms with Gasteiger partial charge in [-0.05, 0) is 27.7 Å². The number of carbonyl (C=O) groups is 2. The summed E-state index contributed by atoms with van der Waals surface area (Å²) in [5, 5.41) is 0. The molecule has 2 unspecified atom stereocenters. The highest BCUT2D eigenvalue weighted by atomic mass is 32.2. The van der Waals surface area contributed by atoms with Crippen molar-refractivity contribution < 1.29 is 44.3 Å². The molecule has 10 nitrogen and oxygen atoms in total. The van der Waals surface area contributed by atoms with Gasteiger partial charge in [-0.25, -0.2) is 9.59 Å². The van der Waals surface area contributed by atoms with E-state index >= 15 is 0 Å². The molecule has 0 spiro atoms. The minimum atomic E-state index is -4.32.